The van der Waals surface area contributed by atoms with E-state index in [2.05, 4.69) is 29.5 Å². The average Bonchev–Trinajstić information content (AvgIpc) is 2.98. The van der Waals surface area contributed by atoms with Crippen molar-refractivity contribution in [2.45, 2.75) is 19.1 Å². The van der Waals surface area contributed by atoms with E-state index in [4.69, 9.17) is 28.4 Å². The van der Waals surface area contributed by atoms with Gasteiger partial charge in [-0.25, -0.2) is 0 Å². The van der Waals surface area contributed by atoms with Crippen LogP contribution in [0.2, 0.25) is 0 Å². The van der Waals surface area contributed by atoms with Crippen molar-refractivity contribution in [3.05, 3.63) is 100 Å². The van der Waals surface area contributed by atoms with E-state index in [-0.39, 0.29) is 11.8 Å². The third kappa shape index (κ3) is 4.73. The van der Waals surface area contributed by atoms with Crippen LogP contribution in [0.5, 0.6) is 28.7 Å². The van der Waals surface area contributed by atoms with E-state index in [0.29, 0.717) is 41.8 Å². The Morgan fingerprint density at radius 2 is 1.52 bits per heavy atom. The summed E-state index contributed by atoms with van der Waals surface area (Å²) in [6.45, 7) is 1.20. The van der Waals surface area contributed by atoms with E-state index in [9.17, 15) is 5.11 Å². The molecule has 0 spiro atoms. The van der Waals surface area contributed by atoms with Crippen LogP contribution in [0.1, 0.15) is 11.1 Å². The molecule has 5 rings (SSSR count). The quantitative estimate of drug-likeness (QED) is 0.468. The minimum atomic E-state index is -0.156. The van der Waals surface area contributed by atoms with Crippen molar-refractivity contribution in [1.29, 1.82) is 0 Å². The molecule has 0 saturated carbocycles. The van der Waals surface area contributed by atoms with Gasteiger partial charge < -0.3 is 38.4 Å². The zero-order valence-electron chi connectivity index (χ0n) is 23.6. The molecule has 0 aromatic heterocycles. The smallest absolute Gasteiger partial charge is 0.203 e. The van der Waals surface area contributed by atoms with Crippen LogP contribution in [0, 0.1) is 0 Å². The van der Waals surface area contributed by atoms with Gasteiger partial charge in [0.05, 0.1) is 54.6 Å². The molecule has 2 aromatic rings. The lowest BCUT2D eigenvalue weighted by Gasteiger charge is -2.40. The van der Waals surface area contributed by atoms with E-state index in [1.807, 2.05) is 24.3 Å². The number of hydrogen-bond acceptors (Lipinski definition) is 8. The first-order valence-electron chi connectivity index (χ1n) is 12.9. The number of aromatic hydroxyl groups is 1. The summed E-state index contributed by atoms with van der Waals surface area (Å²) in [5.41, 5.74) is 5.25. The molecule has 210 valence electrons. The first kappa shape index (κ1) is 27.1. The van der Waals surface area contributed by atoms with Gasteiger partial charge in [0.15, 0.2) is 34.8 Å². The molecule has 2 N–H and O–H groups in total. The van der Waals surface area contributed by atoms with Gasteiger partial charge in [-0.05, 0) is 53.6 Å². The Kier molecular flexibility index (Phi) is 7.66. The molecule has 0 radical (unpaired) electrons. The maximum Gasteiger partial charge on any atom is 0.203 e. The lowest BCUT2D eigenvalue weighted by molar-refractivity contribution is -0.879. The molecule has 2 heterocycles. The third-order valence-corrected chi connectivity index (χ3v) is 7.41. The van der Waals surface area contributed by atoms with E-state index in [0.717, 1.165) is 38.6 Å². The van der Waals surface area contributed by atoms with Crippen LogP contribution in [0.25, 0.3) is 0 Å². The average molecular weight is 548 g/mol. The Balaban J connectivity index is 1.53. The second-order valence-corrected chi connectivity index (χ2v) is 9.54. The SMILES string of the molecule is COC1=C(OC)C2C3=C(C=C[NH+]2Cc2ccc(OC)c(O)c2)N(Cc2cc(OC)c(OC)c(OC)c2)C=CC3=C1. The predicted molar refractivity (Wildman–Crippen MR) is 149 cm³/mol. The molecule has 2 unspecified atom stereocenters. The fourth-order valence-corrected chi connectivity index (χ4v) is 5.57. The zero-order valence-corrected chi connectivity index (χ0v) is 23.6. The van der Waals surface area contributed by atoms with Crippen molar-refractivity contribution in [2.24, 2.45) is 0 Å². The predicted octanol–water partition coefficient (Wildman–Crippen LogP) is 3.44. The van der Waals surface area contributed by atoms with Crippen LogP contribution in [-0.4, -0.2) is 58.7 Å². The van der Waals surface area contributed by atoms with Gasteiger partial charge in [0, 0.05) is 30.0 Å². The number of ether oxygens (including phenoxy) is 6. The van der Waals surface area contributed by atoms with Gasteiger partial charge in [0.2, 0.25) is 11.5 Å². The van der Waals surface area contributed by atoms with Crippen molar-refractivity contribution in [3.63, 3.8) is 0 Å². The Morgan fingerprint density at radius 1 is 0.800 bits per heavy atom. The molecule has 9 nitrogen and oxygen atoms in total. The van der Waals surface area contributed by atoms with Gasteiger partial charge >= 0.3 is 0 Å². The fraction of sp³-hybridized carbons (Fsp3) is 0.290. The van der Waals surface area contributed by atoms with Gasteiger partial charge in [-0.1, -0.05) is 0 Å². The van der Waals surface area contributed by atoms with Gasteiger partial charge in [-0.2, -0.15) is 0 Å². The molecule has 0 fully saturated rings. The summed E-state index contributed by atoms with van der Waals surface area (Å²) < 4.78 is 33.6. The number of nitrogens with one attached hydrogen (secondary N) is 1. The van der Waals surface area contributed by atoms with Crippen molar-refractivity contribution in [1.82, 2.24) is 4.90 Å². The van der Waals surface area contributed by atoms with Crippen LogP contribution in [0.3, 0.4) is 0 Å². The van der Waals surface area contributed by atoms with Gasteiger partial charge in [-0.15, -0.1) is 0 Å². The molecule has 0 saturated heterocycles. The highest BCUT2D eigenvalue weighted by Crippen LogP contribution is 2.41. The topological polar surface area (TPSA) is 83.3 Å². The second kappa shape index (κ2) is 11.3. The molecule has 2 aromatic carbocycles. The van der Waals surface area contributed by atoms with Crippen LogP contribution in [-0.2, 0) is 22.6 Å². The second-order valence-electron chi connectivity index (χ2n) is 9.54. The lowest BCUT2D eigenvalue weighted by Crippen LogP contribution is -3.11. The fourth-order valence-electron chi connectivity index (χ4n) is 5.57. The van der Waals surface area contributed by atoms with Crippen molar-refractivity contribution < 1.29 is 38.4 Å². The number of quaternary nitrogens is 1. The molecular weight excluding hydrogens is 512 g/mol. The first-order chi connectivity index (χ1) is 19.5. The van der Waals surface area contributed by atoms with Gasteiger partial charge in [0.25, 0.3) is 0 Å². The number of allylic oxidation sites excluding steroid dienone is 3. The first-order valence-corrected chi connectivity index (χ1v) is 12.9. The number of nitrogens with zero attached hydrogens (tertiary/aromatic N) is 1. The molecule has 2 aliphatic heterocycles. The number of hydrogen-bond donors (Lipinski definition) is 2. The van der Waals surface area contributed by atoms with Crippen LogP contribution >= 0.6 is 0 Å². The monoisotopic (exact) mass is 547 g/mol. The Hall–Kier alpha value is -4.50. The van der Waals surface area contributed by atoms with Crippen LogP contribution in [0.4, 0.5) is 0 Å². The van der Waals surface area contributed by atoms with Crippen molar-refractivity contribution in [2.75, 3.05) is 42.7 Å². The number of benzene rings is 2. The third-order valence-electron chi connectivity index (χ3n) is 7.41. The van der Waals surface area contributed by atoms with Crippen LogP contribution in [0.15, 0.2) is 89.3 Å². The molecule has 0 bridgehead atoms. The summed E-state index contributed by atoms with van der Waals surface area (Å²) in [5, 5.41) is 10.4. The maximum absolute atomic E-state index is 10.4. The van der Waals surface area contributed by atoms with Gasteiger partial charge in [0.1, 0.15) is 6.54 Å². The molecule has 9 heteroatoms. The highest BCUT2D eigenvalue weighted by Gasteiger charge is 2.43. The number of rotatable bonds is 10. The van der Waals surface area contributed by atoms with Crippen LogP contribution < -0.4 is 23.8 Å². The summed E-state index contributed by atoms with van der Waals surface area (Å²) in [5.74, 6) is 3.78. The van der Waals surface area contributed by atoms with E-state index in [1.165, 1.54) is 0 Å². The van der Waals surface area contributed by atoms with E-state index < -0.39 is 0 Å². The highest BCUT2D eigenvalue weighted by molar-refractivity contribution is 5.60. The number of phenolic OH excluding ortho intramolecular Hbond substituents is 1. The van der Waals surface area contributed by atoms with E-state index in [1.54, 1.807) is 54.8 Å². The van der Waals surface area contributed by atoms with E-state index >= 15 is 0 Å². The molecule has 3 aliphatic rings. The summed E-state index contributed by atoms with van der Waals surface area (Å²) >= 11 is 0. The molecule has 1 aliphatic carbocycles. The summed E-state index contributed by atoms with van der Waals surface area (Å²) in [4.78, 5) is 3.33. The van der Waals surface area contributed by atoms with Crippen molar-refractivity contribution >= 4 is 0 Å². The Labute approximate surface area is 234 Å². The maximum atomic E-state index is 10.4. The molecule has 40 heavy (non-hydrogen) atoms. The van der Waals surface area contributed by atoms with Gasteiger partial charge in [-0.3, -0.25) is 4.90 Å². The molecule has 2 atom stereocenters. The standard InChI is InChI=1S/C31H34N2O7/c1-35-24-8-7-19(13-23(24)34)17-33-12-10-22-28-21(16-27(38-4)31(40-6)29(28)33)9-11-32(22)18-20-14-25(36-2)30(39-5)26(15-20)37-3/h7-16,29,34H,17-18H2,1-6H3/p+1. The minimum Gasteiger partial charge on any atom is -0.504 e. The van der Waals surface area contributed by atoms with Crippen molar-refractivity contribution in [3.8, 4) is 28.7 Å². The Bertz CT molecular complexity index is 1430. The normalized spacial score (nSPS) is 19.2. The number of phenols is 1. The zero-order chi connectivity index (χ0) is 28.4. The lowest BCUT2D eigenvalue weighted by atomic mass is 9.84. The Morgan fingerprint density at radius 3 is 2.12 bits per heavy atom. The summed E-state index contributed by atoms with van der Waals surface area (Å²) in [6.07, 6.45) is 10.5. The molecule has 0 amide bonds. The molecular formula is C31H35N2O7+. The highest BCUT2D eigenvalue weighted by atomic mass is 16.5. The summed E-state index contributed by atoms with van der Waals surface area (Å²) in [6, 6.07) is 9.27. The largest absolute Gasteiger partial charge is 0.504 e. The summed E-state index contributed by atoms with van der Waals surface area (Å²) in [7, 11) is 9.71. The number of methoxy groups -OCH3 is 6. The minimum absolute atomic E-state index is 0.113.